The van der Waals surface area contributed by atoms with E-state index >= 15 is 0 Å². The number of ether oxygens (including phenoxy) is 1. The lowest BCUT2D eigenvalue weighted by Gasteiger charge is -2.10. The van der Waals surface area contributed by atoms with Crippen LogP contribution in [0.2, 0.25) is 5.02 Å². The number of methoxy groups -OCH3 is 1. The molecular weight excluding hydrogens is 485 g/mol. The maximum Gasteiger partial charge on any atom is 0.322 e. The molecule has 0 spiro atoms. The number of carboxylic acids is 1. The first-order chi connectivity index (χ1) is 17.3. The van der Waals surface area contributed by atoms with Crippen molar-refractivity contribution in [2.45, 2.75) is 6.92 Å². The lowest BCUT2D eigenvalue weighted by molar-refractivity contribution is -0.135. The Morgan fingerprint density at radius 2 is 1.89 bits per heavy atom. The van der Waals surface area contributed by atoms with Crippen molar-refractivity contribution in [3.8, 4) is 22.9 Å². The minimum Gasteiger partial charge on any atom is -0.496 e. The predicted molar refractivity (Wildman–Crippen MR) is 135 cm³/mol. The number of hydrogen-bond donors (Lipinski definition) is 2. The SMILES string of the molecule is COc1cccc(F)c1C(=O)NCC(=O)O.Cc1ccc(-c2ccc(C#N)cc2Cl)c2ncccc12. The molecule has 0 aliphatic carbocycles. The fourth-order valence-corrected chi connectivity index (χ4v) is 3.76. The molecule has 1 aromatic heterocycles. The molecule has 4 rings (SSSR count). The van der Waals surface area contributed by atoms with E-state index in [4.69, 9.17) is 26.7 Å². The molecule has 4 aromatic rings. The van der Waals surface area contributed by atoms with Crippen LogP contribution in [0.4, 0.5) is 4.39 Å². The molecule has 0 bridgehead atoms. The van der Waals surface area contributed by atoms with Crippen LogP contribution >= 0.6 is 11.6 Å². The molecule has 1 amide bonds. The number of hydrogen-bond acceptors (Lipinski definition) is 5. The van der Waals surface area contributed by atoms with E-state index in [0.717, 1.165) is 28.1 Å². The Bertz CT molecular complexity index is 1480. The summed E-state index contributed by atoms with van der Waals surface area (Å²) in [4.78, 5) is 26.2. The smallest absolute Gasteiger partial charge is 0.322 e. The van der Waals surface area contributed by atoms with Gasteiger partial charge in [-0.05, 0) is 42.8 Å². The second kappa shape index (κ2) is 11.8. The Kier molecular flexibility index (Phi) is 8.55. The third-order valence-electron chi connectivity index (χ3n) is 5.20. The number of nitrogens with one attached hydrogen (secondary N) is 1. The largest absolute Gasteiger partial charge is 0.496 e. The lowest BCUT2D eigenvalue weighted by atomic mass is 9.98. The summed E-state index contributed by atoms with van der Waals surface area (Å²) in [7, 11) is 1.29. The number of nitrogens with zero attached hydrogens (tertiary/aromatic N) is 2. The molecule has 0 unspecified atom stereocenters. The first-order valence-corrected chi connectivity index (χ1v) is 11.0. The monoisotopic (exact) mass is 505 g/mol. The van der Waals surface area contributed by atoms with Gasteiger partial charge in [-0.3, -0.25) is 14.6 Å². The molecule has 3 aromatic carbocycles. The second-order valence-corrected chi connectivity index (χ2v) is 7.94. The van der Waals surface area contributed by atoms with Crippen molar-refractivity contribution in [2.24, 2.45) is 0 Å². The maximum absolute atomic E-state index is 13.3. The van der Waals surface area contributed by atoms with Gasteiger partial charge < -0.3 is 15.2 Å². The van der Waals surface area contributed by atoms with Gasteiger partial charge in [0, 0.05) is 27.7 Å². The Morgan fingerprint density at radius 3 is 2.56 bits per heavy atom. The quantitative estimate of drug-likeness (QED) is 0.376. The molecule has 182 valence electrons. The zero-order chi connectivity index (χ0) is 26.2. The molecule has 36 heavy (non-hydrogen) atoms. The number of carbonyl (C=O) groups excluding carboxylic acids is 1. The molecule has 1 heterocycles. The number of fused-ring (bicyclic) bond motifs is 1. The zero-order valence-electron chi connectivity index (χ0n) is 19.4. The molecule has 0 aliphatic heterocycles. The van der Waals surface area contributed by atoms with E-state index in [-0.39, 0.29) is 11.3 Å². The highest BCUT2D eigenvalue weighted by Gasteiger charge is 2.17. The predicted octanol–water partition coefficient (Wildman–Crippen LogP) is 5.38. The van der Waals surface area contributed by atoms with Crippen LogP contribution in [0.3, 0.4) is 0 Å². The van der Waals surface area contributed by atoms with Crippen molar-refractivity contribution < 1.29 is 23.8 Å². The minimum atomic E-state index is -1.20. The molecule has 7 nitrogen and oxygen atoms in total. The molecule has 0 saturated heterocycles. The van der Waals surface area contributed by atoms with E-state index in [1.165, 1.54) is 24.8 Å². The number of carboxylic acid groups (broad SMARTS) is 1. The molecule has 0 aliphatic rings. The van der Waals surface area contributed by atoms with E-state index in [0.29, 0.717) is 10.6 Å². The normalized spacial score (nSPS) is 10.1. The Labute approximate surface area is 211 Å². The highest BCUT2D eigenvalue weighted by atomic mass is 35.5. The summed E-state index contributed by atoms with van der Waals surface area (Å²) in [6.45, 7) is 1.49. The van der Waals surface area contributed by atoms with Crippen molar-refractivity contribution in [1.82, 2.24) is 10.3 Å². The van der Waals surface area contributed by atoms with Crippen LogP contribution in [0, 0.1) is 24.1 Å². The average molecular weight is 506 g/mol. The number of aliphatic carboxylic acids is 1. The Morgan fingerprint density at radius 1 is 1.14 bits per heavy atom. The van der Waals surface area contributed by atoms with Crippen LogP contribution in [0.5, 0.6) is 5.75 Å². The van der Waals surface area contributed by atoms with Gasteiger partial charge in [-0.2, -0.15) is 5.26 Å². The summed E-state index contributed by atoms with van der Waals surface area (Å²) in [6.07, 6.45) is 1.78. The van der Waals surface area contributed by atoms with E-state index in [1.807, 2.05) is 18.2 Å². The molecule has 9 heteroatoms. The number of aryl methyl sites for hydroxylation is 1. The van der Waals surface area contributed by atoms with E-state index in [2.05, 4.69) is 35.4 Å². The molecule has 0 atom stereocenters. The number of carbonyl (C=O) groups is 2. The van der Waals surface area contributed by atoms with Gasteiger partial charge in [0.15, 0.2) is 0 Å². The van der Waals surface area contributed by atoms with Gasteiger partial charge in [0.2, 0.25) is 0 Å². The number of benzene rings is 3. The number of nitriles is 1. The standard InChI is InChI=1S/C17H11ClN2.C10H10FNO4/c1-11-4-6-15(17-13(11)3-2-8-20-17)14-7-5-12(10-19)9-16(14)18;1-16-7-4-2-3-6(11)9(7)10(15)12-5-8(13)14/h2-9H,1H3;2-4H,5H2,1H3,(H,12,15)(H,13,14). The Balaban J connectivity index is 0.000000207. The van der Waals surface area contributed by atoms with Crippen molar-refractivity contribution in [3.63, 3.8) is 0 Å². The fraction of sp³-hybridized carbons (Fsp3) is 0.111. The highest BCUT2D eigenvalue weighted by Crippen LogP contribution is 2.34. The topological polar surface area (TPSA) is 112 Å². The third kappa shape index (κ3) is 5.95. The van der Waals surface area contributed by atoms with Gasteiger partial charge in [0.05, 0.1) is 24.3 Å². The van der Waals surface area contributed by atoms with E-state index in [9.17, 15) is 14.0 Å². The van der Waals surface area contributed by atoms with Crippen LogP contribution in [0.1, 0.15) is 21.5 Å². The van der Waals surface area contributed by atoms with Gasteiger partial charge in [-0.25, -0.2) is 4.39 Å². The number of pyridine rings is 1. The summed E-state index contributed by atoms with van der Waals surface area (Å²) in [5, 5.41) is 21.0. The third-order valence-corrected chi connectivity index (χ3v) is 5.51. The summed E-state index contributed by atoms with van der Waals surface area (Å²) in [5.74, 6) is -2.73. The number of amides is 1. The van der Waals surface area contributed by atoms with Gasteiger partial charge in [-0.15, -0.1) is 0 Å². The second-order valence-electron chi connectivity index (χ2n) is 7.53. The zero-order valence-corrected chi connectivity index (χ0v) is 20.1. The highest BCUT2D eigenvalue weighted by molar-refractivity contribution is 6.33. The van der Waals surface area contributed by atoms with Gasteiger partial charge in [0.1, 0.15) is 23.7 Å². The van der Waals surface area contributed by atoms with Crippen molar-refractivity contribution in [3.05, 3.63) is 94.4 Å². The summed E-state index contributed by atoms with van der Waals surface area (Å²) in [5.41, 5.74) is 4.25. The van der Waals surface area contributed by atoms with Crippen molar-refractivity contribution in [1.29, 1.82) is 5.26 Å². The number of halogens is 2. The van der Waals surface area contributed by atoms with Gasteiger partial charge >= 0.3 is 5.97 Å². The summed E-state index contributed by atoms with van der Waals surface area (Å²) >= 11 is 6.30. The molecule has 0 saturated carbocycles. The van der Waals surface area contributed by atoms with Gasteiger partial charge in [-0.1, -0.05) is 41.9 Å². The van der Waals surface area contributed by atoms with Crippen LogP contribution in [-0.4, -0.2) is 35.6 Å². The van der Waals surface area contributed by atoms with Crippen molar-refractivity contribution >= 4 is 34.4 Å². The van der Waals surface area contributed by atoms with Crippen LogP contribution in [0.15, 0.2) is 66.9 Å². The van der Waals surface area contributed by atoms with E-state index in [1.54, 1.807) is 18.3 Å². The molecule has 0 radical (unpaired) electrons. The molecular formula is C27H21ClFN3O4. The van der Waals surface area contributed by atoms with Crippen molar-refractivity contribution in [2.75, 3.05) is 13.7 Å². The number of rotatable bonds is 5. The van der Waals surface area contributed by atoms with Crippen LogP contribution in [0.25, 0.3) is 22.0 Å². The lowest BCUT2D eigenvalue weighted by Crippen LogP contribution is -2.30. The first kappa shape index (κ1) is 26.1. The average Bonchev–Trinajstić information content (AvgIpc) is 2.88. The van der Waals surface area contributed by atoms with Crippen LogP contribution in [-0.2, 0) is 4.79 Å². The van der Waals surface area contributed by atoms with Gasteiger partial charge in [0.25, 0.3) is 5.91 Å². The Hall–Kier alpha value is -4.48. The molecule has 2 N–H and O–H groups in total. The molecule has 0 fully saturated rings. The maximum atomic E-state index is 13.3. The minimum absolute atomic E-state index is 0.0582. The summed E-state index contributed by atoms with van der Waals surface area (Å²) < 4.78 is 18.1. The first-order valence-electron chi connectivity index (χ1n) is 10.6. The van der Waals surface area contributed by atoms with Crippen LogP contribution < -0.4 is 10.1 Å². The number of aromatic nitrogens is 1. The summed E-state index contributed by atoms with van der Waals surface area (Å²) in [6, 6.07) is 19.4. The fourth-order valence-electron chi connectivity index (χ4n) is 3.47. The van der Waals surface area contributed by atoms with E-state index < -0.39 is 24.2 Å².